The number of nitrogens with two attached hydrogens (primary N) is 1. The molecule has 16 heavy (non-hydrogen) atoms. The molecule has 1 heterocycles. The van der Waals surface area contributed by atoms with Crippen LogP contribution in [0.5, 0.6) is 0 Å². The molecule has 0 saturated carbocycles. The summed E-state index contributed by atoms with van der Waals surface area (Å²) >= 11 is 0. The van der Waals surface area contributed by atoms with Gasteiger partial charge in [-0.15, -0.1) is 0 Å². The molecule has 0 aliphatic rings. The van der Waals surface area contributed by atoms with E-state index < -0.39 is 0 Å². The average Bonchev–Trinajstić information content (AvgIpc) is 2.73. The van der Waals surface area contributed by atoms with Crippen molar-refractivity contribution in [2.45, 2.75) is 65.0 Å². The van der Waals surface area contributed by atoms with E-state index in [1.165, 1.54) is 32.1 Å². The summed E-state index contributed by atoms with van der Waals surface area (Å²) in [5.74, 6) is 0. The first-order valence-corrected chi connectivity index (χ1v) is 6.48. The molecule has 0 radical (unpaired) electrons. The Hall–Kier alpha value is -0.830. The van der Waals surface area contributed by atoms with Gasteiger partial charge in [0.2, 0.25) is 0 Å². The molecule has 1 aromatic heterocycles. The maximum absolute atomic E-state index is 5.96. The van der Waals surface area contributed by atoms with Crippen molar-refractivity contribution in [3.05, 3.63) is 18.2 Å². The van der Waals surface area contributed by atoms with E-state index >= 15 is 0 Å². The van der Waals surface area contributed by atoms with Gasteiger partial charge in [0, 0.05) is 18.3 Å². The predicted octanol–water partition coefficient (Wildman–Crippen LogP) is 3.43. The van der Waals surface area contributed by atoms with Gasteiger partial charge in [0.1, 0.15) is 0 Å². The number of imidazole rings is 1. The van der Waals surface area contributed by atoms with Crippen molar-refractivity contribution in [3.8, 4) is 0 Å². The van der Waals surface area contributed by atoms with Crippen LogP contribution in [0.3, 0.4) is 0 Å². The zero-order valence-electron chi connectivity index (χ0n) is 10.8. The summed E-state index contributed by atoms with van der Waals surface area (Å²) in [7, 11) is 0. The third-order valence-electron chi connectivity index (χ3n) is 3.07. The maximum Gasteiger partial charge on any atom is 0.0951 e. The Bertz CT molecular complexity index is 291. The van der Waals surface area contributed by atoms with Crippen molar-refractivity contribution in [1.82, 2.24) is 9.55 Å². The van der Waals surface area contributed by atoms with E-state index in [1.54, 1.807) is 0 Å². The van der Waals surface area contributed by atoms with E-state index in [-0.39, 0.29) is 6.04 Å². The fourth-order valence-corrected chi connectivity index (χ4v) is 2.17. The Morgan fingerprint density at radius 1 is 1.31 bits per heavy atom. The summed E-state index contributed by atoms with van der Waals surface area (Å²) in [6.45, 7) is 6.50. The molecule has 2 atom stereocenters. The van der Waals surface area contributed by atoms with Crippen LogP contribution >= 0.6 is 0 Å². The lowest BCUT2D eigenvalue weighted by atomic mass is 10.0. The van der Waals surface area contributed by atoms with Crippen LogP contribution in [0.2, 0.25) is 0 Å². The lowest BCUT2D eigenvalue weighted by Gasteiger charge is -2.21. The topological polar surface area (TPSA) is 43.8 Å². The minimum absolute atomic E-state index is 0.0727. The largest absolute Gasteiger partial charge is 0.330 e. The normalized spacial score (nSPS) is 15.0. The summed E-state index contributed by atoms with van der Waals surface area (Å²) in [6.07, 6.45) is 10.0. The van der Waals surface area contributed by atoms with E-state index in [2.05, 4.69) is 23.4 Å². The van der Waals surface area contributed by atoms with Gasteiger partial charge >= 0.3 is 0 Å². The predicted molar refractivity (Wildman–Crippen MR) is 68.3 cm³/mol. The van der Waals surface area contributed by atoms with Crippen LogP contribution in [0.25, 0.3) is 0 Å². The first-order chi connectivity index (χ1) is 7.70. The maximum atomic E-state index is 5.96. The molecule has 2 N–H and O–H groups in total. The number of unbranched alkanes of at least 4 members (excludes halogenated alkanes) is 1. The van der Waals surface area contributed by atoms with Crippen LogP contribution in [0.4, 0.5) is 0 Å². The first-order valence-electron chi connectivity index (χ1n) is 6.48. The van der Waals surface area contributed by atoms with Crippen LogP contribution < -0.4 is 5.73 Å². The summed E-state index contributed by atoms with van der Waals surface area (Å²) in [5.41, 5.74) is 7.12. The first kappa shape index (κ1) is 13.2. The quantitative estimate of drug-likeness (QED) is 0.769. The zero-order valence-corrected chi connectivity index (χ0v) is 10.8. The standard InChI is InChI=1S/C13H25N3/c1-4-6-8-12(7-5-2)16-10-15-9-13(16)11(3)14/h9-12H,4-8,14H2,1-3H3/t11-,12?/m0/s1. The Labute approximate surface area is 99.1 Å². The SMILES string of the molecule is CCCCC(CCC)n1cncc1[C@H](C)N. The van der Waals surface area contributed by atoms with Crippen molar-refractivity contribution in [1.29, 1.82) is 0 Å². The van der Waals surface area contributed by atoms with Gasteiger partial charge in [-0.25, -0.2) is 4.98 Å². The monoisotopic (exact) mass is 223 g/mol. The molecule has 92 valence electrons. The molecule has 1 unspecified atom stereocenters. The third-order valence-corrected chi connectivity index (χ3v) is 3.07. The molecule has 0 aromatic carbocycles. The van der Waals surface area contributed by atoms with Crippen molar-refractivity contribution in [2.75, 3.05) is 0 Å². The van der Waals surface area contributed by atoms with Crippen molar-refractivity contribution < 1.29 is 0 Å². The molecule has 3 heteroatoms. The second-order valence-electron chi connectivity index (χ2n) is 4.60. The van der Waals surface area contributed by atoms with E-state index in [9.17, 15) is 0 Å². The lowest BCUT2D eigenvalue weighted by molar-refractivity contribution is 0.401. The highest BCUT2D eigenvalue weighted by atomic mass is 15.1. The highest BCUT2D eigenvalue weighted by molar-refractivity contribution is 5.04. The minimum Gasteiger partial charge on any atom is -0.330 e. The Morgan fingerprint density at radius 2 is 2.06 bits per heavy atom. The smallest absolute Gasteiger partial charge is 0.0951 e. The fraction of sp³-hybridized carbons (Fsp3) is 0.769. The average molecular weight is 223 g/mol. The van der Waals surface area contributed by atoms with E-state index in [1.807, 2.05) is 19.4 Å². The van der Waals surface area contributed by atoms with Gasteiger partial charge in [-0.2, -0.15) is 0 Å². The van der Waals surface area contributed by atoms with Gasteiger partial charge in [-0.05, 0) is 19.8 Å². The number of hydrogen-bond acceptors (Lipinski definition) is 2. The molecule has 0 spiro atoms. The van der Waals surface area contributed by atoms with Crippen LogP contribution in [0.15, 0.2) is 12.5 Å². The van der Waals surface area contributed by atoms with Crippen molar-refractivity contribution in [2.24, 2.45) is 5.73 Å². The van der Waals surface area contributed by atoms with Gasteiger partial charge in [-0.1, -0.05) is 33.1 Å². The van der Waals surface area contributed by atoms with Crippen LogP contribution in [-0.4, -0.2) is 9.55 Å². The van der Waals surface area contributed by atoms with E-state index in [0.717, 1.165) is 5.69 Å². The zero-order chi connectivity index (χ0) is 12.0. The van der Waals surface area contributed by atoms with Gasteiger partial charge in [-0.3, -0.25) is 0 Å². The molecule has 0 saturated heterocycles. The summed E-state index contributed by atoms with van der Waals surface area (Å²) in [5, 5.41) is 0. The van der Waals surface area contributed by atoms with Gasteiger partial charge in [0.15, 0.2) is 0 Å². The molecular formula is C13H25N3. The minimum atomic E-state index is 0.0727. The van der Waals surface area contributed by atoms with Crippen molar-refractivity contribution in [3.63, 3.8) is 0 Å². The summed E-state index contributed by atoms with van der Waals surface area (Å²) in [4.78, 5) is 4.24. The molecule has 0 aliphatic carbocycles. The molecule has 0 aliphatic heterocycles. The molecule has 3 nitrogen and oxygen atoms in total. The Morgan fingerprint density at radius 3 is 2.62 bits per heavy atom. The molecule has 0 fully saturated rings. The van der Waals surface area contributed by atoms with Crippen molar-refractivity contribution >= 4 is 0 Å². The molecule has 0 amide bonds. The fourth-order valence-electron chi connectivity index (χ4n) is 2.17. The van der Waals surface area contributed by atoms with Gasteiger partial charge in [0.25, 0.3) is 0 Å². The summed E-state index contributed by atoms with van der Waals surface area (Å²) in [6, 6.07) is 0.650. The number of nitrogens with zero attached hydrogens (tertiary/aromatic N) is 2. The lowest BCUT2D eigenvalue weighted by Crippen LogP contribution is -2.16. The molecule has 1 rings (SSSR count). The van der Waals surface area contributed by atoms with Crippen LogP contribution in [-0.2, 0) is 0 Å². The van der Waals surface area contributed by atoms with E-state index in [0.29, 0.717) is 6.04 Å². The second kappa shape index (κ2) is 6.69. The highest BCUT2D eigenvalue weighted by Gasteiger charge is 2.14. The molecular weight excluding hydrogens is 198 g/mol. The number of aromatic nitrogens is 2. The Balaban J connectivity index is 2.78. The number of hydrogen-bond donors (Lipinski definition) is 1. The van der Waals surface area contributed by atoms with Crippen LogP contribution in [0, 0.1) is 0 Å². The van der Waals surface area contributed by atoms with Crippen LogP contribution in [0.1, 0.15) is 70.7 Å². The van der Waals surface area contributed by atoms with Gasteiger partial charge < -0.3 is 10.3 Å². The molecule has 1 aromatic rings. The second-order valence-corrected chi connectivity index (χ2v) is 4.60. The van der Waals surface area contributed by atoms with E-state index in [4.69, 9.17) is 5.73 Å². The highest BCUT2D eigenvalue weighted by Crippen LogP contribution is 2.24. The summed E-state index contributed by atoms with van der Waals surface area (Å²) < 4.78 is 2.28. The van der Waals surface area contributed by atoms with Gasteiger partial charge in [0.05, 0.1) is 12.0 Å². The Kier molecular flexibility index (Phi) is 5.53. The third kappa shape index (κ3) is 3.34. The molecule has 0 bridgehead atoms. The number of rotatable bonds is 7.